The molecule has 2 aromatic rings. The standard InChI is InChI=1S/C20H23N3O2/c1-4-23(14-20(2,3)25)19(24)16-6-5-7-18(12-16)22-17-10-8-15(13-21)9-11-17/h5-12,22,25H,4,14H2,1-3H3. The Labute approximate surface area is 148 Å². The van der Waals surface area contributed by atoms with E-state index < -0.39 is 5.60 Å². The summed E-state index contributed by atoms with van der Waals surface area (Å²) in [5.41, 5.74) is 1.84. The van der Waals surface area contributed by atoms with Crippen molar-refractivity contribution in [3.05, 3.63) is 59.7 Å². The number of rotatable bonds is 6. The van der Waals surface area contributed by atoms with Gasteiger partial charge in [0.05, 0.1) is 17.2 Å². The van der Waals surface area contributed by atoms with Gasteiger partial charge in [-0.3, -0.25) is 4.79 Å². The second-order valence-corrected chi connectivity index (χ2v) is 6.53. The first-order valence-electron chi connectivity index (χ1n) is 8.21. The Morgan fingerprint density at radius 2 is 1.88 bits per heavy atom. The lowest BCUT2D eigenvalue weighted by molar-refractivity contribution is 0.0315. The third kappa shape index (κ3) is 5.33. The predicted molar refractivity (Wildman–Crippen MR) is 98.8 cm³/mol. The van der Waals surface area contributed by atoms with Gasteiger partial charge in [0.1, 0.15) is 0 Å². The zero-order valence-corrected chi connectivity index (χ0v) is 14.8. The molecule has 0 aliphatic rings. The molecule has 0 saturated carbocycles. The summed E-state index contributed by atoms with van der Waals surface area (Å²) in [6, 6.07) is 16.4. The molecule has 0 aliphatic heterocycles. The maximum absolute atomic E-state index is 12.7. The number of hydrogen-bond donors (Lipinski definition) is 2. The third-order valence-corrected chi connectivity index (χ3v) is 3.66. The van der Waals surface area contributed by atoms with Crippen LogP contribution in [0.2, 0.25) is 0 Å². The Kier molecular flexibility index (Phi) is 5.79. The Morgan fingerprint density at radius 1 is 1.20 bits per heavy atom. The molecule has 130 valence electrons. The van der Waals surface area contributed by atoms with Gasteiger partial charge in [-0.15, -0.1) is 0 Å². The fourth-order valence-electron chi connectivity index (χ4n) is 2.50. The van der Waals surface area contributed by atoms with Crippen molar-refractivity contribution in [2.75, 3.05) is 18.4 Å². The van der Waals surface area contributed by atoms with Gasteiger partial charge in [-0.25, -0.2) is 0 Å². The maximum Gasteiger partial charge on any atom is 0.254 e. The molecule has 0 saturated heterocycles. The van der Waals surface area contributed by atoms with Crippen LogP contribution in [0.1, 0.15) is 36.7 Å². The van der Waals surface area contributed by atoms with E-state index in [1.165, 1.54) is 0 Å². The van der Waals surface area contributed by atoms with Gasteiger partial charge >= 0.3 is 0 Å². The van der Waals surface area contributed by atoms with Crippen molar-refractivity contribution in [3.63, 3.8) is 0 Å². The normalized spacial score (nSPS) is 10.8. The summed E-state index contributed by atoms with van der Waals surface area (Å²) >= 11 is 0. The minimum atomic E-state index is -0.940. The molecule has 0 bridgehead atoms. The molecule has 0 heterocycles. The molecule has 2 rings (SSSR count). The molecule has 25 heavy (non-hydrogen) atoms. The van der Waals surface area contributed by atoms with Crippen molar-refractivity contribution in [1.82, 2.24) is 4.90 Å². The number of likely N-dealkylation sites (N-methyl/N-ethyl adjacent to an activating group) is 1. The molecular formula is C20H23N3O2. The van der Waals surface area contributed by atoms with Crippen molar-refractivity contribution >= 4 is 17.3 Å². The average molecular weight is 337 g/mol. The molecule has 0 unspecified atom stereocenters. The summed E-state index contributed by atoms with van der Waals surface area (Å²) in [6.07, 6.45) is 0. The summed E-state index contributed by atoms with van der Waals surface area (Å²) in [4.78, 5) is 14.3. The Balaban J connectivity index is 2.16. The zero-order valence-electron chi connectivity index (χ0n) is 14.8. The van der Waals surface area contributed by atoms with E-state index in [4.69, 9.17) is 5.26 Å². The number of carbonyl (C=O) groups excluding carboxylic acids is 1. The number of hydrogen-bond acceptors (Lipinski definition) is 4. The van der Waals surface area contributed by atoms with E-state index in [1.807, 2.05) is 31.2 Å². The number of nitrogens with zero attached hydrogens (tertiary/aromatic N) is 2. The topological polar surface area (TPSA) is 76.4 Å². The van der Waals surface area contributed by atoms with Gasteiger partial charge in [0, 0.05) is 30.0 Å². The maximum atomic E-state index is 12.7. The highest BCUT2D eigenvalue weighted by Gasteiger charge is 2.22. The molecular weight excluding hydrogens is 314 g/mol. The van der Waals surface area contributed by atoms with E-state index in [0.717, 1.165) is 11.4 Å². The van der Waals surface area contributed by atoms with E-state index in [-0.39, 0.29) is 12.5 Å². The van der Waals surface area contributed by atoms with Crippen LogP contribution in [0.5, 0.6) is 0 Å². The van der Waals surface area contributed by atoms with Crippen LogP contribution in [-0.2, 0) is 0 Å². The average Bonchev–Trinajstić information content (AvgIpc) is 2.59. The smallest absolute Gasteiger partial charge is 0.254 e. The summed E-state index contributed by atoms with van der Waals surface area (Å²) in [5.74, 6) is -0.117. The van der Waals surface area contributed by atoms with E-state index in [9.17, 15) is 9.90 Å². The molecule has 2 aromatic carbocycles. The van der Waals surface area contributed by atoms with E-state index in [1.54, 1.807) is 43.0 Å². The van der Waals surface area contributed by atoms with Crippen LogP contribution < -0.4 is 5.32 Å². The minimum absolute atomic E-state index is 0.117. The van der Waals surface area contributed by atoms with Crippen molar-refractivity contribution in [3.8, 4) is 6.07 Å². The van der Waals surface area contributed by atoms with Gasteiger partial charge in [-0.1, -0.05) is 6.07 Å². The van der Waals surface area contributed by atoms with Crippen LogP contribution in [0, 0.1) is 11.3 Å². The monoisotopic (exact) mass is 337 g/mol. The lowest BCUT2D eigenvalue weighted by Gasteiger charge is -2.28. The van der Waals surface area contributed by atoms with Crippen LogP contribution in [0.4, 0.5) is 11.4 Å². The van der Waals surface area contributed by atoms with Crippen LogP contribution in [-0.4, -0.2) is 34.6 Å². The first-order valence-corrected chi connectivity index (χ1v) is 8.21. The van der Waals surface area contributed by atoms with Crippen molar-refractivity contribution in [2.45, 2.75) is 26.4 Å². The first kappa shape index (κ1) is 18.5. The number of benzene rings is 2. The van der Waals surface area contributed by atoms with Crippen molar-refractivity contribution in [1.29, 1.82) is 5.26 Å². The number of carbonyl (C=O) groups is 1. The van der Waals surface area contributed by atoms with Crippen LogP contribution in [0.3, 0.4) is 0 Å². The number of amides is 1. The van der Waals surface area contributed by atoms with Crippen molar-refractivity contribution in [2.24, 2.45) is 0 Å². The Morgan fingerprint density at radius 3 is 2.44 bits per heavy atom. The molecule has 5 heteroatoms. The van der Waals surface area contributed by atoms with Gasteiger partial charge in [0.2, 0.25) is 0 Å². The minimum Gasteiger partial charge on any atom is -0.389 e. The lowest BCUT2D eigenvalue weighted by atomic mass is 10.1. The predicted octanol–water partition coefficient (Wildman–Crippen LogP) is 3.53. The molecule has 0 aromatic heterocycles. The molecule has 0 aliphatic carbocycles. The largest absolute Gasteiger partial charge is 0.389 e. The molecule has 0 spiro atoms. The molecule has 0 fully saturated rings. The van der Waals surface area contributed by atoms with Gasteiger partial charge in [-0.2, -0.15) is 5.26 Å². The summed E-state index contributed by atoms with van der Waals surface area (Å²) < 4.78 is 0. The molecule has 0 radical (unpaired) electrons. The second kappa shape index (κ2) is 7.82. The highest BCUT2D eigenvalue weighted by molar-refractivity contribution is 5.95. The molecule has 1 amide bonds. The second-order valence-electron chi connectivity index (χ2n) is 6.53. The Hall–Kier alpha value is -2.84. The van der Waals surface area contributed by atoms with E-state index >= 15 is 0 Å². The van der Waals surface area contributed by atoms with E-state index in [2.05, 4.69) is 11.4 Å². The molecule has 2 N–H and O–H groups in total. The SMILES string of the molecule is CCN(CC(C)(C)O)C(=O)c1cccc(Nc2ccc(C#N)cc2)c1. The van der Waals surface area contributed by atoms with Gasteiger partial charge in [-0.05, 0) is 63.2 Å². The highest BCUT2D eigenvalue weighted by atomic mass is 16.3. The van der Waals surface area contributed by atoms with Gasteiger partial charge < -0.3 is 15.3 Å². The summed E-state index contributed by atoms with van der Waals surface area (Å²) in [7, 11) is 0. The fraction of sp³-hybridized carbons (Fsp3) is 0.300. The van der Waals surface area contributed by atoms with Crippen molar-refractivity contribution < 1.29 is 9.90 Å². The third-order valence-electron chi connectivity index (χ3n) is 3.66. The van der Waals surface area contributed by atoms with E-state index in [0.29, 0.717) is 17.7 Å². The summed E-state index contributed by atoms with van der Waals surface area (Å²) in [6.45, 7) is 6.06. The number of nitrogens with one attached hydrogen (secondary N) is 1. The zero-order chi connectivity index (χ0) is 18.4. The number of nitriles is 1. The first-order chi connectivity index (χ1) is 11.8. The summed E-state index contributed by atoms with van der Waals surface area (Å²) in [5, 5.41) is 22.0. The van der Waals surface area contributed by atoms with Crippen LogP contribution in [0.15, 0.2) is 48.5 Å². The lowest BCUT2D eigenvalue weighted by Crippen LogP contribution is -2.42. The van der Waals surface area contributed by atoms with Gasteiger partial charge in [0.15, 0.2) is 0 Å². The van der Waals surface area contributed by atoms with Crippen LogP contribution >= 0.6 is 0 Å². The quantitative estimate of drug-likeness (QED) is 0.845. The number of aliphatic hydroxyl groups is 1. The number of anilines is 2. The molecule has 0 atom stereocenters. The van der Waals surface area contributed by atoms with Gasteiger partial charge in [0.25, 0.3) is 5.91 Å². The van der Waals surface area contributed by atoms with Crippen LogP contribution in [0.25, 0.3) is 0 Å². The highest BCUT2D eigenvalue weighted by Crippen LogP contribution is 2.19. The Bertz CT molecular complexity index is 771. The molecule has 5 nitrogen and oxygen atoms in total. The fourth-order valence-corrected chi connectivity index (χ4v) is 2.50.